The number of rotatable bonds is 4. The summed E-state index contributed by atoms with van der Waals surface area (Å²) in [6, 6.07) is 13.7. The summed E-state index contributed by atoms with van der Waals surface area (Å²) in [6.45, 7) is 0.221. The number of halogens is 2. The van der Waals surface area contributed by atoms with Crippen molar-refractivity contribution in [1.82, 2.24) is 5.48 Å². The van der Waals surface area contributed by atoms with E-state index in [0.29, 0.717) is 4.47 Å². The molecule has 2 aromatic rings. The van der Waals surface area contributed by atoms with Crippen LogP contribution in [-0.2, 0) is 11.4 Å². The zero-order valence-electron chi connectivity index (χ0n) is 9.90. The minimum atomic E-state index is -0.624. The van der Waals surface area contributed by atoms with Gasteiger partial charge in [0.25, 0.3) is 5.91 Å². The summed E-state index contributed by atoms with van der Waals surface area (Å²) in [5.74, 6) is -1.23. The van der Waals surface area contributed by atoms with E-state index in [0.717, 1.165) is 5.56 Å². The van der Waals surface area contributed by atoms with Crippen LogP contribution in [0.3, 0.4) is 0 Å². The Bertz CT molecular complexity index is 555. The van der Waals surface area contributed by atoms with Crippen molar-refractivity contribution in [3.05, 3.63) is 69.9 Å². The lowest BCUT2D eigenvalue weighted by molar-refractivity contribution is 0.0229. The molecule has 1 amide bonds. The van der Waals surface area contributed by atoms with Gasteiger partial charge in [0, 0.05) is 4.47 Å². The fourth-order valence-electron chi connectivity index (χ4n) is 1.52. The van der Waals surface area contributed by atoms with E-state index in [1.54, 1.807) is 6.07 Å². The lowest BCUT2D eigenvalue weighted by Gasteiger charge is -2.08. The monoisotopic (exact) mass is 323 g/mol. The average molecular weight is 324 g/mol. The summed E-state index contributed by atoms with van der Waals surface area (Å²) in [5, 5.41) is 0. The summed E-state index contributed by atoms with van der Waals surface area (Å²) in [6.07, 6.45) is 0. The molecule has 3 nitrogen and oxygen atoms in total. The molecule has 0 bridgehead atoms. The van der Waals surface area contributed by atoms with E-state index in [9.17, 15) is 9.18 Å². The van der Waals surface area contributed by atoms with Crippen LogP contribution in [0.15, 0.2) is 53.0 Å². The number of hydrogen-bond donors (Lipinski definition) is 1. The Balaban J connectivity index is 1.95. The van der Waals surface area contributed by atoms with Crippen LogP contribution < -0.4 is 5.48 Å². The third-order valence-electron chi connectivity index (χ3n) is 2.44. The van der Waals surface area contributed by atoms with E-state index in [1.807, 2.05) is 30.3 Å². The van der Waals surface area contributed by atoms with Crippen LogP contribution in [0.1, 0.15) is 15.9 Å². The fraction of sp³-hybridized carbons (Fsp3) is 0.0714. The van der Waals surface area contributed by atoms with Crippen LogP contribution in [-0.4, -0.2) is 5.91 Å². The first-order chi connectivity index (χ1) is 9.18. The topological polar surface area (TPSA) is 38.3 Å². The molecule has 5 heteroatoms. The van der Waals surface area contributed by atoms with Gasteiger partial charge in [-0.1, -0.05) is 36.4 Å². The summed E-state index contributed by atoms with van der Waals surface area (Å²) < 4.78 is 13.9. The van der Waals surface area contributed by atoms with Crippen molar-refractivity contribution in [3.8, 4) is 0 Å². The SMILES string of the molecule is O=C(NOCc1ccccc1)c1c(F)cccc1Br. The third-order valence-corrected chi connectivity index (χ3v) is 3.10. The molecule has 1 N–H and O–H groups in total. The maximum Gasteiger partial charge on any atom is 0.278 e. The molecular formula is C14H11BrFNO2. The molecule has 0 saturated heterocycles. The van der Waals surface area contributed by atoms with E-state index in [4.69, 9.17) is 4.84 Å². The predicted octanol–water partition coefficient (Wildman–Crippen LogP) is 3.45. The second-order valence-corrected chi connectivity index (χ2v) is 4.66. The zero-order chi connectivity index (χ0) is 13.7. The molecule has 2 aromatic carbocycles. The van der Waals surface area contributed by atoms with Gasteiger partial charge in [0.2, 0.25) is 0 Å². The highest BCUT2D eigenvalue weighted by atomic mass is 79.9. The lowest BCUT2D eigenvalue weighted by atomic mass is 10.2. The number of carbonyl (C=O) groups is 1. The second kappa shape index (κ2) is 6.45. The van der Waals surface area contributed by atoms with Crippen LogP contribution in [0.5, 0.6) is 0 Å². The van der Waals surface area contributed by atoms with Gasteiger partial charge in [-0.2, -0.15) is 0 Å². The molecule has 0 aliphatic heterocycles. The van der Waals surface area contributed by atoms with Crippen molar-refractivity contribution in [1.29, 1.82) is 0 Å². The Morgan fingerprint density at radius 1 is 1.16 bits per heavy atom. The number of carbonyl (C=O) groups excluding carboxylic acids is 1. The minimum Gasteiger partial charge on any atom is -0.269 e. The molecule has 0 aliphatic rings. The smallest absolute Gasteiger partial charge is 0.269 e. The summed E-state index contributed by atoms with van der Waals surface area (Å²) in [7, 11) is 0. The standard InChI is InChI=1S/C14H11BrFNO2/c15-11-7-4-8-12(16)13(11)14(18)17-19-9-10-5-2-1-3-6-10/h1-8H,9H2,(H,17,18). The summed E-state index contributed by atoms with van der Waals surface area (Å²) in [5.41, 5.74) is 3.06. The number of benzene rings is 2. The molecule has 0 saturated carbocycles. The van der Waals surface area contributed by atoms with Gasteiger partial charge in [0.05, 0.1) is 12.2 Å². The maximum atomic E-state index is 13.5. The van der Waals surface area contributed by atoms with Gasteiger partial charge in [-0.25, -0.2) is 9.87 Å². The molecule has 0 aromatic heterocycles. The largest absolute Gasteiger partial charge is 0.278 e. The number of amides is 1. The molecule has 2 rings (SSSR count). The van der Waals surface area contributed by atoms with Crippen molar-refractivity contribution in [2.24, 2.45) is 0 Å². The van der Waals surface area contributed by atoms with Gasteiger partial charge in [-0.3, -0.25) is 9.63 Å². The minimum absolute atomic E-state index is 0.0736. The predicted molar refractivity (Wildman–Crippen MR) is 72.8 cm³/mol. The summed E-state index contributed by atoms with van der Waals surface area (Å²) in [4.78, 5) is 16.8. The van der Waals surface area contributed by atoms with Crippen molar-refractivity contribution in [3.63, 3.8) is 0 Å². The van der Waals surface area contributed by atoms with Gasteiger partial charge < -0.3 is 0 Å². The average Bonchev–Trinajstić information content (AvgIpc) is 2.40. The Morgan fingerprint density at radius 2 is 1.89 bits per heavy atom. The summed E-state index contributed by atoms with van der Waals surface area (Å²) >= 11 is 3.13. The normalized spacial score (nSPS) is 10.2. The molecule has 0 unspecified atom stereocenters. The number of nitrogens with one attached hydrogen (secondary N) is 1. The molecule has 0 aliphatic carbocycles. The van der Waals surface area contributed by atoms with Gasteiger partial charge in [-0.15, -0.1) is 0 Å². The van der Waals surface area contributed by atoms with Crippen molar-refractivity contribution in [2.75, 3.05) is 0 Å². The zero-order valence-corrected chi connectivity index (χ0v) is 11.5. The molecule has 0 heterocycles. The molecule has 0 spiro atoms. The molecule has 19 heavy (non-hydrogen) atoms. The third kappa shape index (κ3) is 3.62. The molecule has 0 radical (unpaired) electrons. The van der Waals surface area contributed by atoms with Crippen molar-refractivity contribution >= 4 is 21.8 Å². The highest BCUT2D eigenvalue weighted by molar-refractivity contribution is 9.10. The number of hydroxylamine groups is 1. The molecular weight excluding hydrogens is 313 g/mol. The number of hydrogen-bond acceptors (Lipinski definition) is 2. The van der Waals surface area contributed by atoms with E-state index >= 15 is 0 Å². The van der Waals surface area contributed by atoms with Crippen LogP contribution in [0.4, 0.5) is 4.39 Å². The van der Waals surface area contributed by atoms with E-state index in [1.165, 1.54) is 12.1 Å². The first-order valence-electron chi connectivity index (χ1n) is 5.58. The van der Waals surface area contributed by atoms with Crippen molar-refractivity contribution in [2.45, 2.75) is 6.61 Å². The second-order valence-electron chi connectivity index (χ2n) is 3.80. The van der Waals surface area contributed by atoms with Crippen LogP contribution in [0.2, 0.25) is 0 Å². The van der Waals surface area contributed by atoms with Gasteiger partial charge in [0.15, 0.2) is 0 Å². The van der Waals surface area contributed by atoms with Crippen LogP contribution >= 0.6 is 15.9 Å². The highest BCUT2D eigenvalue weighted by Crippen LogP contribution is 2.19. The first kappa shape index (κ1) is 13.7. The van der Waals surface area contributed by atoms with E-state index < -0.39 is 11.7 Å². The Hall–Kier alpha value is -1.72. The van der Waals surface area contributed by atoms with Gasteiger partial charge >= 0.3 is 0 Å². The fourth-order valence-corrected chi connectivity index (χ4v) is 2.05. The highest BCUT2D eigenvalue weighted by Gasteiger charge is 2.15. The Kier molecular flexibility index (Phi) is 4.65. The Morgan fingerprint density at radius 3 is 2.58 bits per heavy atom. The molecule has 0 atom stereocenters. The van der Waals surface area contributed by atoms with Gasteiger partial charge in [0.1, 0.15) is 5.82 Å². The first-order valence-corrected chi connectivity index (χ1v) is 6.38. The van der Waals surface area contributed by atoms with Gasteiger partial charge in [-0.05, 0) is 33.6 Å². The maximum absolute atomic E-state index is 13.5. The Labute approximate surface area is 118 Å². The lowest BCUT2D eigenvalue weighted by Crippen LogP contribution is -2.25. The van der Waals surface area contributed by atoms with E-state index in [-0.39, 0.29) is 12.2 Å². The van der Waals surface area contributed by atoms with E-state index in [2.05, 4.69) is 21.4 Å². The van der Waals surface area contributed by atoms with Crippen molar-refractivity contribution < 1.29 is 14.0 Å². The molecule has 98 valence electrons. The van der Waals surface area contributed by atoms with Crippen LogP contribution in [0, 0.1) is 5.82 Å². The quantitative estimate of drug-likeness (QED) is 0.875. The van der Waals surface area contributed by atoms with Crippen LogP contribution in [0.25, 0.3) is 0 Å². The molecule has 0 fully saturated rings.